The molecule has 263 valence electrons. The zero-order valence-electron chi connectivity index (χ0n) is 33.3. The second-order valence-corrected chi connectivity index (χ2v) is 25.0. The predicted molar refractivity (Wildman–Crippen MR) is 208 cm³/mol. The van der Waals surface area contributed by atoms with Gasteiger partial charge in [-0.1, -0.05) is 34.7 Å². The van der Waals surface area contributed by atoms with Crippen LogP contribution in [0.2, 0.25) is 17.3 Å². The summed E-state index contributed by atoms with van der Waals surface area (Å²) in [6.07, 6.45) is 4.48. The summed E-state index contributed by atoms with van der Waals surface area (Å²) >= 11 is -1.86. The second-order valence-electron chi connectivity index (χ2n) is 14.4. The van der Waals surface area contributed by atoms with Crippen molar-refractivity contribution in [2.24, 2.45) is 5.92 Å². The van der Waals surface area contributed by atoms with Crippen LogP contribution in [0.4, 0.5) is 4.39 Å². The minimum atomic E-state index is -2.33. The van der Waals surface area contributed by atoms with Crippen LogP contribution in [0.25, 0.3) is 55.7 Å². The normalized spacial score (nSPS) is 12.5. The molecule has 0 aliphatic rings. The fourth-order valence-electron chi connectivity index (χ4n) is 6.67. The maximum absolute atomic E-state index is 14.9. The Morgan fingerprint density at radius 1 is 0.863 bits per heavy atom. The van der Waals surface area contributed by atoms with Crippen molar-refractivity contribution in [1.29, 1.82) is 0 Å². The first-order valence-electron chi connectivity index (χ1n) is 18.5. The van der Waals surface area contributed by atoms with Gasteiger partial charge in [0.25, 0.3) is 0 Å². The van der Waals surface area contributed by atoms with Gasteiger partial charge in [0.15, 0.2) is 0 Å². The van der Waals surface area contributed by atoms with Crippen molar-refractivity contribution in [2.45, 2.75) is 65.2 Å². The van der Waals surface area contributed by atoms with E-state index in [0.717, 1.165) is 45.3 Å². The standard InChI is InChI=1S/C26H20FN2O.C18H24GeN.Ir/c1-14-10-15(2)24(16(3)11-14)21-12-23(28-13-22(21)27)20-7-5-6-18-19-9-8-17(4)29-26(19)30-25(18)20;1-14(2)11-16-12-18(15-9-7-6-8-10-15)20-13-17(16)19(3,4)5;/h5-6,8-13H,1-4H3;6-9,12-14H,11H2,1-5H3;/q2*-1;/i4D3;;. The van der Waals surface area contributed by atoms with Crippen LogP contribution < -0.4 is 4.40 Å². The topological polar surface area (TPSA) is 51.8 Å². The number of aryl methyl sites for hydroxylation is 4. The van der Waals surface area contributed by atoms with Crippen LogP contribution in [0.5, 0.6) is 0 Å². The van der Waals surface area contributed by atoms with Crippen molar-refractivity contribution < 1.29 is 33.0 Å². The molecule has 0 saturated heterocycles. The van der Waals surface area contributed by atoms with Gasteiger partial charge in [-0.05, 0) is 62.1 Å². The van der Waals surface area contributed by atoms with E-state index in [1.807, 2.05) is 57.2 Å². The fraction of sp³-hybridized carbons (Fsp3) is 0.250. The van der Waals surface area contributed by atoms with Gasteiger partial charge >= 0.3 is 126 Å². The molecule has 51 heavy (non-hydrogen) atoms. The van der Waals surface area contributed by atoms with E-state index in [9.17, 15) is 4.39 Å². The third kappa shape index (κ3) is 8.41. The molecule has 3 aromatic carbocycles. The van der Waals surface area contributed by atoms with Gasteiger partial charge in [0, 0.05) is 40.9 Å². The summed E-state index contributed by atoms with van der Waals surface area (Å²) < 4.78 is 45.3. The van der Waals surface area contributed by atoms with Crippen molar-refractivity contribution in [3.8, 4) is 33.6 Å². The number of halogens is 1. The first-order valence-corrected chi connectivity index (χ1v) is 24.3. The molecule has 0 amide bonds. The zero-order valence-corrected chi connectivity index (χ0v) is 34.8. The molecule has 7 aromatic rings. The van der Waals surface area contributed by atoms with E-state index in [1.165, 1.54) is 17.8 Å². The van der Waals surface area contributed by atoms with Crippen LogP contribution in [0.1, 0.15) is 45.9 Å². The summed E-state index contributed by atoms with van der Waals surface area (Å²) in [6.45, 7) is 8.19. The van der Waals surface area contributed by atoms with Crippen molar-refractivity contribution in [3.05, 3.63) is 131 Å². The molecule has 4 aromatic heterocycles. The average molecular weight is 918 g/mol. The Kier molecular flexibility index (Phi) is 10.5. The monoisotopic (exact) mass is 919 g/mol. The Balaban J connectivity index is 0.000000230. The summed E-state index contributed by atoms with van der Waals surface area (Å²) in [7, 11) is 0. The van der Waals surface area contributed by atoms with E-state index in [1.54, 1.807) is 22.6 Å². The van der Waals surface area contributed by atoms with Gasteiger partial charge in [0.1, 0.15) is 5.82 Å². The SMILES string of the molecule is CC(C)Cc1cc(-c2[c-]cccc2)nc[c]1[Ge]([CH3])([CH3])[CH3].[2H]C([2H])([2H])c1ccc2c(n1)oc1c(-c3cc(-c4c(C)cc(C)cc4C)c(F)cn3)[c-]ccc12.[Ir]. The molecule has 7 heteroatoms. The van der Waals surface area contributed by atoms with E-state index in [0.29, 0.717) is 33.7 Å². The molecule has 0 aliphatic carbocycles. The number of rotatable bonds is 6. The number of aromatic nitrogens is 3. The third-order valence-electron chi connectivity index (χ3n) is 8.77. The number of hydrogen-bond acceptors (Lipinski definition) is 4. The van der Waals surface area contributed by atoms with Crippen molar-refractivity contribution in [3.63, 3.8) is 0 Å². The fourth-order valence-corrected chi connectivity index (χ4v) is 10.0. The Bertz CT molecular complexity index is 2420. The molecule has 0 aliphatic heterocycles. The molecule has 0 bridgehead atoms. The van der Waals surface area contributed by atoms with Crippen LogP contribution in [-0.4, -0.2) is 28.2 Å². The van der Waals surface area contributed by atoms with E-state index < -0.39 is 25.9 Å². The molecule has 0 N–H and O–H groups in total. The van der Waals surface area contributed by atoms with Crippen molar-refractivity contribution >= 4 is 39.7 Å². The van der Waals surface area contributed by atoms with Crippen LogP contribution in [0.15, 0.2) is 89.6 Å². The van der Waals surface area contributed by atoms with Gasteiger partial charge < -0.3 is 9.40 Å². The summed E-state index contributed by atoms with van der Waals surface area (Å²) in [6, 6.07) is 29.3. The van der Waals surface area contributed by atoms with E-state index >= 15 is 0 Å². The first-order chi connectivity index (χ1) is 25.0. The van der Waals surface area contributed by atoms with Gasteiger partial charge in [-0.3, -0.25) is 0 Å². The third-order valence-corrected chi connectivity index (χ3v) is 13.1. The maximum atomic E-state index is 14.9. The molecular weight excluding hydrogens is 870 g/mol. The predicted octanol–water partition coefficient (Wildman–Crippen LogP) is 11.2. The van der Waals surface area contributed by atoms with Crippen LogP contribution in [-0.2, 0) is 26.5 Å². The van der Waals surface area contributed by atoms with E-state index in [-0.39, 0.29) is 31.5 Å². The van der Waals surface area contributed by atoms with Gasteiger partial charge in [-0.15, -0.1) is 18.2 Å². The van der Waals surface area contributed by atoms with Crippen molar-refractivity contribution in [2.75, 3.05) is 0 Å². The smallest absolute Gasteiger partial charge is 0.216 e. The van der Waals surface area contributed by atoms with Crippen LogP contribution >= 0.6 is 0 Å². The Hall–Kier alpha value is -3.97. The molecule has 0 saturated carbocycles. The summed E-state index contributed by atoms with van der Waals surface area (Å²) in [5, 5.41) is 1.46. The number of nitrogens with zero attached hydrogens (tertiary/aromatic N) is 3. The maximum Gasteiger partial charge on any atom is 0.216 e. The quantitative estimate of drug-likeness (QED) is 0.123. The number of pyridine rings is 3. The molecular formula is C44H44FGeIrN3O-2. The molecule has 7 rings (SSSR count). The molecule has 0 fully saturated rings. The summed E-state index contributed by atoms with van der Waals surface area (Å²) in [5.41, 5.74) is 9.75. The zero-order chi connectivity index (χ0) is 38.2. The Morgan fingerprint density at radius 3 is 2.27 bits per heavy atom. The average Bonchev–Trinajstić information content (AvgIpc) is 3.47. The molecule has 4 heterocycles. The number of hydrogen-bond donors (Lipinski definition) is 0. The molecule has 1 radical (unpaired) electrons. The van der Waals surface area contributed by atoms with Crippen molar-refractivity contribution in [1.82, 2.24) is 15.0 Å². The van der Waals surface area contributed by atoms with E-state index in [4.69, 9.17) is 13.5 Å². The van der Waals surface area contributed by atoms with Gasteiger partial charge in [0.2, 0.25) is 5.71 Å². The molecule has 0 unspecified atom stereocenters. The second kappa shape index (κ2) is 15.7. The minimum absolute atomic E-state index is 0. The number of benzene rings is 3. The van der Waals surface area contributed by atoms with Crippen LogP contribution in [0.3, 0.4) is 0 Å². The van der Waals surface area contributed by atoms with Gasteiger partial charge in [0.05, 0.1) is 11.8 Å². The van der Waals surface area contributed by atoms with Crippen LogP contribution in [0, 0.1) is 51.5 Å². The largest absolute Gasteiger partial charge is 0.486 e. The minimum Gasteiger partial charge on any atom is -0.486 e. The molecule has 4 nitrogen and oxygen atoms in total. The van der Waals surface area contributed by atoms with E-state index in [2.05, 4.69) is 71.5 Å². The number of fused-ring (bicyclic) bond motifs is 3. The molecule has 0 spiro atoms. The first kappa shape index (κ1) is 34.1. The molecule has 0 atom stereocenters. The summed E-state index contributed by atoms with van der Waals surface area (Å²) in [4.78, 5) is 13.2. The van der Waals surface area contributed by atoms with Gasteiger partial charge in [-0.2, -0.15) is 0 Å². The van der Waals surface area contributed by atoms with Gasteiger partial charge in [-0.25, -0.2) is 9.37 Å². The number of furan rings is 1. The Morgan fingerprint density at radius 2 is 1.61 bits per heavy atom. The summed E-state index contributed by atoms with van der Waals surface area (Å²) in [5.74, 6) is 7.59. The Labute approximate surface area is 321 Å².